The second-order valence-electron chi connectivity index (χ2n) is 4.85. The van der Waals surface area contributed by atoms with Crippen molar-refractivity contribution in [3.63, 3.8) is 0 Å². The van der Waals surface area contributed by atoms with Crippen LogP contribution in [0.15, 0.2) is 48.8 Å². The van der Waals surface area contributed by atoms with E-state index in [0.29, 0.717) is 11.5 Å². The zero-order chi connectivity index (χ0) is 16.4. The van der Waals surface area contributed by atoms with Gasteiger partial charge in [0.25, 0.3) is 5.91 Å². The van der Waals surface area contributed by atoms with Gasteiger partial charge < -0.3 is 5.32 Å². The van der Waals surface area contributed by atoms with Gasteiger partial charge in [-0.05, 0) is 37.3 Å². The Kier molecular flexibility index (Phi) is 4.08. The van der Waals surface area contributed by atoms with Crippen molar-refractivity contribution in [3.05, 3.63) is 71.0 Å². The minimum absolute atomic E-state index is 0.0632. The van der Waals surface area contributed by atoms with Crippen molar-refractivity contribution in [2.75, 3.05) is 5.32 Å². The third-order valence-corrected chi connectivity index (χ3v) is 3.61. The second kappa shape index (κ2) is 6.18. The fraction of sp³-hybridized carbons (Fsp3) is 0.0625. The van der Waals surface area contributed by atoms with Gasteiger partial charge in [-0.1, -0.05) is 23.7 Å². The quantitative estimate of drug-likeness (QED) is 0.798. The molecule has 1 aromatic heterocycles. The molecule has 3 rings (SSSR count). The summed E-state index contributed by atoms with van der Waals surface area (Å²) in [6.45, 7) is 1.82. The molecular formula is C16H12ClFN4O. The van der Waals surface area contributed by atoms with Crippen molar-refractivity contribution in [1.29, 1.82) is 0 Å². The summed E-state index contributed by atoms with van der Waals surface area (Å²) >= 11 is 5.90. The van der Waals surface area contributed by atoms with Gasteiger partial charge >= 0.3 is 0 Å². The summed E-state index contributed by atoms with van der Waals surface area (Å²) in [5.41, 5.74) is 1.12. The molecule has 0 bridgehead atoms. The van der Waals surface area contributed by atoms with E-state index in [1.165, 1.54) is 18.2 Å². The van der Waals surface area contributed by atoms with Gasteiger partial charge in [-0.15, -0.1) is 10.2 Å². The number of benzene rings is 2. The average molecular weight is 331 g/mol. The van der Waals surface area contributed by atoms with Crippen LogP contribution in [-0.2, 0) is 0 Å². The van der Waals surface area contributed by atoms with E-state index in [4.69, 9.17) is 11.6 Å². The van der Waals surface area contributed by atoms with Gasteiger partial charge in [0, 0.05) is 5.69 Å². The number of hydrogen-bond donors (Lipinski definition) is 1. The molecule has 5 nitrogen and oxygen atoms in total. The van der Waals surface area contributed by atoms with Crippen LogP contribution in [0.3, 0.4) is 0 Å². The molecule has 0 atom stereocenters. The lowest BCUT2D eigenvalue weighted by Crippen LogP contribution is -2.14. The third-order valence-electron chi connectivity index (χ3n) is 3.29. The first kappa shape index (κ1) is 15.2. The monoisotopic (exact) mass is 330 g/mol. The molecule has 0 spiro atoms. The summed E-state index contributed by atoms with van der Waals surface area (Å²) in [4.78, 5) is 12.3. The largest absolute Gasteiger partial charge is 0.322 e. The Morgan fingerprint density at radius 3 is 2.74 bits per heavy atom. The standard InChI is InChI=1S/C16H12ClFN4O/c1-10-21-19-9-22(10)12-5-2-4-11(8-12)20-16(23)15-13(17)6-3-7-14(15)18/h2-9H,1H3,(H,20,23). The zero-order valence-corrected chi connectivity index (χ0v) is 12.9. The Morgan fingerprint density at radius 2 is 2.04 bits per heavy atom. The van der Waals surface area contributed by atoms with Crippen LogP contribution in [0.25, 0.3) is 5.69 Å². The molecule has 1 amide bonds. The predicted molar refractivity (Wildman–Crippen MR) is 85.5 cm³/mol. The maximum atomic E-state index is 13.8. The summed E-state index contributed by atoms with van der Waals surface area (Å²) in [7, 11) is 0. The number of nitrogens with one attached hydrogen (secondary N) is 1. The highest BCUT2D eigenvalue weighted by Gasteiger charge is 2.16. The number of carbonyl (C=O) groups excluding carboxylic acids is 1. The average Bonchev–Trinajstić information content (AvgIpc) is 2.93. The molecule has 0 unspecified atom stereocenters. The number of amides is 1. The number of nitrogens with zero attached hydrogens (tertiary/aromatic N) is 3. The predicted octanol–water partition coefficient (Wildman–Crippen LogP) is 3.62. The van der Waals surface area contributed by atoms with Crippen LogP contribution >= 0.6 is 11.6 Å². The first-order valence-corrected chi connectivity index (χ1v) is 7.16. The molecule has 0 saturated heterocycles. The van der Waals surface area contributed by atoms with Crippen molar-refractivity contribution in [1.82, 2.24) is 14.8 Å². The SMILES string of the molecule is Cc1nncn1-c1cccc(NC(=O)c2c(F)cccc2Cl)c1. The Morgan fingerprint density at radius 1 is 1.26 bits per heavy atom. The van der Waals surface area contributed by atoms with Gasteiger partial charge in [0.15, 0.2) is 0 Å². The van der Waals surface area contributed by atoms with Crippen molar-refractivity contribution >= 4 is 23.2 Å². The van der Waals surface area contributed by atoms with Gasteiger partial charge in [0.1, 0.15) is 18.0 Å². The smallest absolute Gasteiger partial charge is 0.260 e. The van der Waals surface area contributed by atoms with E-state index in [1.54, 1.807) is 29.1 Å². The number of aryl methyl sites for hydroxylation is 1. The van der Waals surface area contributed by atoms with E-state index >= 15 is 0 Å². The van der Waals surface area contributed by atoms with Crippen LogP contribution in [0.4, 0.5) is 10.1 Å². The second-order valence-corrected chi connectivity index (χ2v) is 5.26. The summed E-state index contributed by atoms with van der Waals surface area (Å²) in [6, 6.07) is 11.2. The van der Waals surface area contributed by atoms with Crippen LogP contribution in [0.1, 0.15) is 16.2 Å². The van der Waals surface area contributed by atoms with Crippen LogP contribution in [0.5, 0.6) is 0 Å². The van der Waals surface area contributed by atoms with E-state index in [-0.39, 0.29) is 10.6 Å². The first-order valence-electron chi connectivity index (χ1n) is 6.78. The minimum atomic E-state index is -0.666. The minimum Gasteiger partial charge on any atom is -0.322 e. The van der Waals surface area contributed by atoms with Crippen molar-refractivity contribution in [2.24, 2.45) is 0 Å². The van der Waals surface area contributed by atoms with Crippen LogP contribution in [0, 0.1) is 12.7 Å². The summed E-state index contributed by atoms with van der Waals surface area (Å²) in [5, 5.41) is 10.4. The Bertz CT molecular complexity index is 858. The number of halogens is 2. The summed E-state index contributed by atoms with van der Waals surface area (Å²) < 4.78 is 15.6. The van der Waals surface area contributed by atoms with E-state index in [0.717, 1.165) is 5.69 Å². The highest BCUT2D eigenvalue weighted by atomic mass is 35.5. The van der Waals surface area contributed by atoms with Crippen molar-refractivity contribution in [2.45, 2.75) is 6.92 Å². The van der Waals surface area contributed by atoms with E-state index < -0.39 is 11.7 Å². The molecular weight excluding hydrogens is 319 g/mol. The van der Waals surface area contributed by atoms with Crippen molar-refractivity contribution in [3.8, 4) is 5.69 Å². The molecule has 3 aromatic rings. The molecule has 1 heterocycles. The topological polar surface area (TPSA) is 59.8 Å². The number of rotatable bonds is 3. The van der Waals surface area contributed by atoms with Gasteiger partial charge in [-0.25, -0.2) is 4.39 Å². The highest BCUT2D eigenvalue weighted by Crippen LogP contribution is 2.21. The van der Waals surface area contributed by atoms with Crippen LogP contribution in [0.2, 0.25) is 5.02 Å². The Labute approximate surface area is 136 Å². The molecule has 2 aromatic carbocycles. The van der Waals surface area contributed by atoms with Gasteiger partial charge in [-0.3, -0.25) is 9.36 Å². The lowest BCUT2D eigenvalue weighted by Gasteiger charge is -2.10. The maximum Gasteiger partial charge on any atom is 0.260 e. The molecule has 7 heteroatoms. The molecule has 0 aliphatic heterocycles. The molecule has 0 radical (unpaired) electrons. The van der Waals surface area contributed by atoms with Gasteiger partial charge in [0.2, 0.25) is 0 Å². The third kappa shape index (κ3) is 3.07. The highest BCUT2D eigenvalue weighted by molar-refractivity contribution is 6.34. The lowest BCUT2D eigenvalue weighted by molar-refractivity contribution is 0.102. The van der Waals surface area contributed by atoms with E-state index in [1.807, 2.05) is 13.0 Å². The zero-order valence-electron chi connectivity index (χ0n) is 12.1. The molecule has 23 heavy (non-hydrogen) atoms. The van der Waals surface area contributed by atoms with Crippen LogP contribution < -0.4 is 5.32 Å². The molecule has 1 N–H and O–H groups in total. The molecule has 116 valence electrons. The van der Waals surface area contributed by atoms with Crippen molar-refractivity contribution < 1.29 is 9.18 Å². The lowest BCUT2D eigenvalue weighted by atomic mass is 10.2. The Hall–Kier alpha value is -2.73. The maximum absolute atomic E-state index is 13.8. The Balaban J connectivity index is 1.89. The molecule has 0 aliphatic carbocycles. The molecule has 0 saturated carbocycles. The normalized spacial score (nSPS) is 10.6. The number of hydrogen-bond acceptors (Lipinski definition) is 3. The fourth-order valence-electron chi connectivity index (χ4n) is 2.19. The number of anilines is 1. The van der Waals surface area contributed by atoms with Crippen LogP contribution in [-0.4, -0.2) is 20.7 Å². The number of carbonyl (C=O) groups is 1. The van der Waals surface area contributed by atoms with Gasteiger partial charge in [-0.2, -0.15) is 0 Å². The first-order chi connectivity index (χ1) is 11.1. The summed E-state index contributed by atoms with van der Waals surface area (Å²) in [5.74, 6) is -0.558. The van der Waals surface area contributed by atoms with E-state index in [9.17, 15) is 9.18 Å². The molecule has 0 aliphatic rings. The summed E-state index contributed by atoms with van der Waals surface area (Å²) in [6.07, 6.45) is 1.57. The molecule has 0 fully saturated rings. The number of aromatic nitrogens is 3. The van der Waals surface area contributed by atoms with Gasteiger partial charge in [0.05, 0.1) is 16.3 Å². The fourth-order valence-corrected chi connectivity index (χ4v) is 2.44. The van der Waals surface area contributed by atoms with E-state index in [2.05, 4.69) is 15.5 Å².